The van der Waals surface area contributed by atoms with E-state index in [1.165, 1.54) is 49.9 Å². The summed E-state index contributed by atoms with van der Waals surface area (Å²) in [6.07, 6.45) is 5.06. The van der Waals surface area contributed by atoms with Gasteiger partial charge in [-0.1, -0.05) is 51.5 Å². The normalized spacial score (nSPS) is 16.2. The van der Waals surface area contributed by atoms with Crippen molar-refractivity contribution >= 4 is 0 Å². The summed E-state index contributed by atoms with van der Waals surface area (Å²) >= 11 is 0. The first-order chi connectivity index (χ1) is 8.40. The molecule has 1 heteroatoms. The first-order valence-electron chi connectivity index (χ1n) is 7.19. The van der Waals surface area contributed by atoms with Crippen LogP contribution < -0.4 is 5.32 Å². The summed E-state index contributed by atoms with van der Waals surface area (Å²) in [6.45, 7) is 8.60. The van der Waals surface area contributed by atoms with Gasteiger partial charge in [0.05, 0.1) is 0 Å². The van der Waals surface area contributed by atoms with Gasteiger partial charge in [-0.05, 0) is 49.4 Å². The lowest BCUT2D eigenvalue weighted by Crippen LogP contribution is -2.26. The smallest absolute Gasteiger partial charge is 0.00431 e. The second-order valence-corrected chi connectivity index (χ2v) is 4.52. The molecule has 0 atom stereocenters. The van der Waals surface area contributed by atoms with E-state index in [9.17, 15) is 0 Å². The van der Waals surface area contributed by atoms with Crippen LogP contribution in [0.1, 0.15) is 57.1 Å². The van der Waals surface area contributed by atoms with Crippen LogP contribution in [0, 0.1) is 0 Å². The number of rotatable bonds is 3. The van der Waals surface area contributed by atoms with Gasteiger partial charge in [0, 0.05) is 0 Å². The standard InChI is InChI=1S/C14H21N.C2H6/c1-2-3-12-4-6-13(7-5-12)14-8-10-15-11-9-14;1-2/h4-7,14-15H,2-3,8-11H2,1H3;1-2H3. The molecular formula is C16H27N. The summed E-state index contributed by atoms with van der Waals surface area (Å²) in [5.74, 6) is 0.793. The molecule has 0 bridgehead atoms. The number of aryl methyl sites for hydroxylation is 1. The summed E-state index contributed by atoms with van der Waals surface area (Å²) in [5.41, 5.74) is 3.02. The van der Waals surface area contributed by atoms with Crippen LogP contribution in [0.5, 0.6) is 0 Å². The van der Waals surface area contributed by atoms with Crippen molar-refractivity contribution in [3.05, 3.63) is 35.4 Å². The van der Waals surface area contributed by atoms with E-state index in [4.69, 9.17) is 0 Å². The van der Waals surface area contributed by atoms with Crippen LogP contribution in [0.4, 0.5) is 0 Å². The highest BCUT2D eigenvalue weighted by Crippen LogP contribution is 2.25. The van der Waals surface area contributed by atoms with Crippen LogP contribution in [0.25, 0.3) is 0 Å². The first kappa shape index (κ1) is 14.2. The van der Waals surface area contributed by atoms with E-state index in [2.05, 4.69) is 36.5 Å². The quantitative estimate of drug-likeness (QED) is 0.827. The molecule has 1 aliphatic rings. The van der Waals surface area contributed by atoms with Gasteiger partial charge in [-0.15, -0.1) is 0 Å². The lowest BCUT2D eigenvalue weighted by Gasteiger charge is -2.23. The van der Waals surface area contributed by atoms with Gasteiger partial charge in [0.15, 0.2) is 0 Å². The molecule has 0 aromatic heterocycles. The molecule has 0 spiro atoms. The minimum absolute atomic E-state index is 0.793. The third kappa shape index (κ3) is 4.51. The Kier molecular flexibility index (Phi) is 6.95. The van der Waals surface area contributed by atoms with Crippen LogP contribution >= 0.6 is 0 Å². The zero-order valence-electron chi connectivity index (χ0n) is 11.6. The molecule has 1 aromatic rings. The van der Waals surface area contributed by atoms with E-state index >= 15 is 0 Å². The Balaban J connectivity index is 0.000000686. The Morgan fingerprint density at radius 2 is 1.65 bits per heavy atom. The predicted molar refractivity (Wildman–Crippen MR) is 76.6 cm³/mol. The largest absolute Gasteiger partial charge is 0.317 e. The zero-order chi connectivity index (χ0) is 12.5. The molecule has 0 unspecified atom stereocenters. The van der Waals surface area contributed by atoms with Gasteiger partial charge in [0.2, 0.25) is 0 Å². The van der Waals surface area contributed by atoms with Gasteiger partial charge in [0.1, 0.15) is 0 Å². The molecule has 1 aliphatic heterocycles. The van der Waals surface area contributed by atoms with E-state index in [-0.39, 0.29) is 0 Å². The predicted octanol–water partition coefficient (Wildman–Crippen LogP) is 4.13. The van der Waals surface area contributed by atoms with Crippen LogP contribution in [-0.4, -0.2) is 13.1 Å². The van der Waals surface area contributed by atoms with Gasteiger partial charge in [-0.3, -0.25) is 0 Å². The Morgan fingerprint density at radius 3 is 2.18 bits per heavy atom. The molecule has 1 fully saturated rings. The Hall–Kier alpha value is -0.820. The van der Waals surface area contributed by atoms with E-state index in [1.807, 2.05) is 13.8 Å². The summed E-state index contributed by atoms with van der Waals surface area (Å²) < 4.78 is 0. The van der Waals surface area contributed by atoms with Gasteiger partial charge >= 0.3 is 0 Å². The Labute approximate surface area is 107 Å². The van der Waals surface area contributed by atoms with Gasteiger partial charge in [-0.25, -0.2) is 0 Å². The molecule has 0 saturated carbocycles. The number of benzene rings is 1. The van der Waals surface area contributed by atoms with Crippen molar-refractivity contribution < 1.29 is 0 Å². The molecule has 17 heavy (non-hydrogen) atoms. The first-order valence-corrected chi connectivity index (χ1v) is 7.19. The van der Waals surface area contributed by atoms with E-state index in [0.29, 0.717) is 0 Å². The van der Waals surface area contributed by atoms with Gasteiger partial charge in [-0.2, -0.15) is 0 Å². The summed E-state index contributed by atoms with van der Waals surface area (Å²) in [5, 5.41) is 3.42. The van der Waals surface area contributed by atoms with E-state index < -0.39 is 0 Å². The highest BCUT2D eigenvalue weighted by Gasteiger charge is 2.14. The van der Waals surface area contributed by atoms with Crippen molar-refractivity contribution in [3.63, 3.8) is 0 Å². The Bertz CT molecular complexity index is 283. The van der Waals surface area contributed by atoms with Crippen molar-refractivity contribution in [3.8, 4) is 0 Å². The van der Waals surface area contributed by atoms with Crippen molar-refractivity contribution in [1.29, 1.82) is 0 Å². The molecule has 1 N–H and O–H groups in total. The lowest BCUT2D eigenvalue weighted by molar-refractivity contribution is 0.460. The molecule has 2 rings (SSSR count). The fraction of sp³-hybridized carbons (Fsp3) is 0.625. The molecule has 96 valence electrons. The van der Waals surface area contributed by atoms with Crippen LogP contribution in [-0.2, 0) is 6.42 Å². The van der Waals surface area contributed by atoms with Crippen LogP contribution in [0.3, 0.4) is 0 Å². The van der Waals surface area contributed by atoms with Crippen molar-refractivity contribution in [2.45, 2.75) is 52.4 Å². The molecule has 0 aliphatic carbocycles. The molecule has 1 nitrogen and oxygen atoms in total. The topological polar surface area (TPSA) is 12.0 Å². The lowest BCUT2D eigenvalue weighted by atomic mass is 9.89. The maximum absolute atomic E-state index is 3.42. The van der Waals surface area contributed by atoms with Crippen molar-refractivity contribution in [2.75, 3.05) is 13.1 Å². The summed E-state index contributed by atoms with van der Waals surface area (Å²) in [4.78, 5) is 0. The molecule has 1 heterocycles. The van der Waals surface area contributed by atoms with Crippen molar-refractivity contribution in [1.82, 2.24) is 5.32 Å². The average molecular weight is 233 g/mol. The number of piperidine rings is 1. The minimum Gasteiger partial charge on any atom is -0.317 e. The third-order valence-corrected chi connectivity index (χ3v) is 3.33. The zero-order valence-corrected chi connectivity index (χ0v) is 11.6. The minimum atomic E-state index is 0.793. The van der Waals surface area contributed by atoms with Gasteiger partial charge in [0.25, 0.3) is 0 Å². The van der Waals surface area contributed by atoms with Crippen LogP contribution in [0.15, 0.2) is 24.3 Å². The summed E-state index contributed by atoms with van der Waals surface area (Å²) in [6, 6.07) is 9.28. The Morgan fingerprint density at radius 1 is 1.06 bits per heavy atom. The number of hydrogen-bond acceptors (Lipinski definition) is 1. The second-order valence-electron chi connectivity index (χ2n) is 4.52. The maximum Gasteiger partial charge on any atom is -0.00431 e. The number of nitrogens with one attached hydrogen (secondary N) is 1. The molecule has 0 radical (unpaired) electrons. The highest BCUT2D eigenvalue weighted by atomic mass is 14.9. The average Bonchev–Trinajstić information content (AvgIpc) is 2.43. The van der Waals surface area contributed by atoms with Crippen molar-refractivity contribution in [2.24, 2.45) is 0 Å². The molecule has 1 aromatic carbocycles. The maximum atomic E-state index is 3.42. The fourth-order valence-corrected chi connectivity index (χ4v) is 2.40. The second kappa shape index (κ2) is 8.30. The molecular weight excluding hydrogens is 206 g/mol. The van der Waals surface area contributed by atoms with E-state index in [0.717, 1.165) is 5.92 Å². The SMILES string of the molecule is CC.CCCc1ccc(C2CCNCC2)cc1. The number of hydrogen-bond donors (Lipinski definition) is 1. The summed E-state index contributed by atoms with van der Waals surface area (Å²) in [7, 11) is 0. The highest BCUT2D eigenvalue weighted by molar-refractivity contribution is 5.25. The molecule has 1 saturated heterocycles. The van der Waals surface area contributed by atoms with E-state index in [1.54, 1.807) is 0 Å². The van der Waals surface area contributed by atoms with Gasteiger partial charge < -0.3 is 5.32 Å². The fourth-order valence-electron chi connectivity index (χ4n) is 2.40. The van der Waals surface area contributed by atoms with Crippen LogP contribution in [0.2, 0.25) is 0 Å². The third-order valence-electron chi connectivity index (χ3n) is 3.33. The monoisotopic (exact) mass is 233 g/mol. The molecule has 0 amide bonds.